The van der Waals surface area contributed by atoms with Crippen LogP contribution in [0.2, 0.25) is 0 Å². The first-order valence-electron chi connectivity index (χ1n) is 5.72. The van der Waals surface area contributed by atoms with Gasteiger partial charge in [-0.05, 0) is 17.7 Å². The van der Waals surface area contributed by atoms with Crippen molar-refractivity contribution in [2.24, 2.45) is 16.5 Å². The first-order valence-corrected chi connectivity index (χ1v) is 5.72. The number of fused-ring (bicyclic) bond motifs is 1. The minimum atomic E-state index is 0.0889. The number of ether oxygens (including phenoxy) is 1. The maximum atomic E-state index is 5.46. The lowest BCUT2D eigenvalue weighted by Gasteiger charge is -2.04. The van der Waals surface area contributed by atoms with E-state index in [4.69, 9.17) is 16.2 Å². The molecule has 94 valence electrons. The molecule has 0 unspecified atom stereocenters. The second-order valence-electron chi connectivity index (χ2n) is 3.90. The summed E-state index contributed by atoms with van der Waals surface area (Å²) < 4.78 is 5.46. The number of aliphatic imine (C=N–C) groups is 1. The third kappa shape index (κ3) is 3.43. The van der Waals surface area contributed by atoms with Crippen LogP contribution in [0, 0.1) is 0 Å². The molecule has 0 aliphatic heterocycles. The van der Waals surface area contributed by atoms with Gasteiger partial charge < -0.3 is 16.2 Å². The van der Waals surface area contributed by atoms with Crippen LogP contribution in [0.25, 0.3) is 10.9 Å². The fourth-order valence-corrected chi connectivity index (χ4v) is 1.62. The molecular formula is C13H16N4O. The highest BCUT2D eigenvalue weighted by molar-refractivity contribution is 5.78. The molecular weight excluding hydrogens is 228 g/mol. The lowest BCUT2D eigenvalue weighted by Crippen LogP contribution is -2.23. The number of hydrogen-bond donors (Lipinski definition) is 2. The molecule has 5 heteroatoms. The van der Waals surface area contributed by atoms with Gasteiger partial charge in [-0.1, -0.05) is 18.2 Å². The Morgan fingerprint density at radius 3 is 2.94 bits per heavy atom. The Labute approximate surface area is 105 Å². The Morgan fingerprint density at radius 2 is 2.11 bits per heavy atom. The van der Waals surface area contributed by atoms with E-state index in [1.54, 1.807) is 0 Å². The van der Waals surface area contributed by atoms with E-state index in [-0.39, 0.29) is 5.96 Å². The normalized spacial score (nSPS) is 10.4. The summed E-state index contributed by atoms with van der Waals surface area (Å²) in [5.41, 5.74) is 12.4. The fraction of sp³-hybridized carbons (Fsp3) is 0.231. The lowest BCUT2D eigenvalue weighted by molar-refractivity contribution is 0.128. The predicted octanol–water partition coefficient (Wildman–Crippen LogP) is 1.02. The molecule has 4 N–H and O–H groups in total. The third-order valence-electron chi connectivity index (χ3n) is 2.45. The number of benzene rings is 1. The second kappa shape index (κ2) is 5.97. The van der Waals surface area contributed by atoms with Gasteiger partial charge in [-0.3, -0.25) is 9.98 Å². The van der Waals surface area contributed by atoms with Crippen LogP contribution in [0.4, 0.5) is 0 Å². The maximum absolute atomic E-state index is 5.46. The van der Waals surface area contributed by atoms with Crippen LogP contribution < -0.4 is 11.5 Å². The summed E-state index contributed by atoms with van der Waals surface area (Å²) in [7, 11) is 0. The van der Waals surface area contributed by atoms with Crippen LogP contribution >= 0.6 is 0 Å². The van der Waals surface area contributed by atoms with Gasteiger partial charge in [-0.2, -0.15) is 0 Å². The van der Waals surface area contributed by atoms with E-state index >= 15 is 0 Å². The molecule has 0 fully saturated rings. The van der Waals surface area contributed by atoms with Crippen molar-refractivity contribution < 1.29 is 4.74 Å². The molecule has 0 radical (unpaired) electrons. The van der Waals surface area contributed by atoms with Crippen molar-refractivity contribution in [2.75, 3.05) is 13.2 Å². The van der Waals surface area contributed by atoms with E-state index in [1.165, 1.54) is 0 Å². The minimum absolute atomic E-state index is 0.0889. The van der Waals surface area contributed by atoms with Crippen LogP contribution in [0.3, 0.4) is 0 Å². The van der Waals surface area contributed by atoms with Gasteiger partial charge in [0.1, 0.15) is 0 Å². The number of para-hydroxylation sites is 1. The van der Waals surface area contributed by atoms with Crippen LogP contribution in [0.15, 0.2) is 41.5 Å². The zero-order chi connectivity index (χ0) is 12.8. The number of aromatic nitrogens is 1. The Balaban J connectivity index is 1.90. The van der Waals surface area contributed by atoms with E-state index in [9.17, 15) is 0 Å². The van der Waals surface area contributed by atoms with Gasteiger partial charge in [-0.25, -0.2) is 0 Å². The molecule has 5 nitrogen and oxygen atoms in total. The Bertz CT molecular complexity index is 549. The van der Waals surface area contributed by atoms with Crippen molar-refractivity contribution in [1.82, 2.24) is 4.98 Å². The quantitative estimate of drug-likeness (QED) is 0.467. The van der Waals surface area contributed by atoms with Gasteiger partial charge in [0, 0.05) is 11.6 Å². The summed E-state index contributed by atoms with van der Waals surface area (Å²) in [6, 6.07) is 10.1. The molecule has 0 aliphatic carbocycles. The summed E-state index contributed by atoms with van der Waals surface area (Å²) in [6.07, 6.45) is 1.82. The highest BCUT2D eigenvalue weighted by atomic mass is 16.5. The van der Waals surface area contributed by atoms with Crippen molar-refractivity contribution in [3.8, 4) is 0 Å². The molecule has 2 rings (SSSR count). The summed E-state index contributed by atoms with van der Waals surface area (Å²) in [6.45, 7) is 1.48. The molecule has 0 aliphatic rings. The number of nitrogens with zero attached hydrogens (tertiary/aromatic N) is 2. The monoisotopic (exact) mass is 244 g/mol. The third-order valence-corrected chi connectivity index (χ3v) is 2.45. The van der Waals surface area contributed by atoms with Crippen LogP contribution in [-0.2, 0) is 11.3 Å². The Hall–Kier alpha value is -2.14. The smallest absolute Gasteiger partial charge is 0.185 e. The Kier molecular flexibility index (Phi) is 4.09. The minimum Gasteiger partial charge on any atom is -0.375 e. The molecule has 0 amide bonds. The van der Waals surface area contributed by atoms with Crippen molar-refractivity contribution in [3.63, 3.8) is 0 Å². The molecule has 0 saturated carbocycles. The van der Waals surface area contributed by atoms with Gasteiger partial charge in [-0.15, -0.1) is 0 Å². The molecule has 0 saturated heterocycles. The van der Waals surface area contributed by atoms with Crippen molar-refractivity contribution >= 4 is 16.9 Å². The van der Waals surface area contributed by atoms with E-state index in [0.717, 1.165) is 16.5 Å². The Morgan fingerprint density at radius 1 is 1.28 bits per heavy atom. The van der Waals surface area contributed by atoms with Crippen LogP contribution in [0.5, 0.6) is 0 Å². The average Bonchev–Trinajstić information content (AvgIpc) is 2.38. The lowest BCUT2D eigenvalue weighted by atomic mass is 10.2. The number of hydrogen-bond acceptors (Lipinski definition) is 3. The molecule has 1 aromatic carbocycles. The number of nitrogens with two attached hydrogens (primary N) is 2. The largest absolute Gasteiger partial charge is 0.375 e. The van der Waals surface area contributed by atoms with Crippen LogP contribution in [-0.4, -0.2) is 24.1 Å². The molecule has 1 heterocycles. The van der Waals surface area contributed by atoms with Crippen LogP contribution in [0.1, 0.15) is 5.56 Å². The molecule has 1 aromatic heterocycles. The topological polar surface area (TPSA) is 86.5 Å². The SMILES string of the molecule is NC(N)=NCCOCc1cnc2ccccc2c1. The maximum Gasteiger partial charge on any atom is 0.185 e. The first-order chi connectivity index (χ1) is 8.75. The highest BCUT2D eigenvalue weighted by Crippen LogP contribution is 2.13. The van der Waals surface area contributed by atoms with Gasteiger partial charge in [0.2, 0.25) is 0 Å². The molecule has 0 atom stereocenters. The van der Waals surface area contributed by atoms with E-state index in [1.807, 2.05) is 30.5 Å². The van der Waals surface area contributed by atoms with Gasteiger partial charge >= 0.3 is 0 Å². The first kappa shape index (κ1) is 12.3. The summed E-state index contributed by atoms with van der Waals surface area (Å²) in [4.78, 5) is 8.20. The average molecular weight is 244 g/mol. The molecule has 0 spiro atoms. The molecule has 2 aromatic rings. The number of pyridine rings is 1. The van der Waals surface area contributed by atoms with E-state index in [0.29, 0.717) is 19.8 Å². The highest BCUT2D eigenvalue weighted by Gasteiger charge is 1.97. The predicted molar refractivity (Wildman–Crippen MR) is 72.1 cm³/mol. The standard InChI is InChI=1S/C13H16N4O/c14-13(15)16-5-6-18-9-10-7-11-3-1-2-4-12(11)17-8-10/h1-4,7-8H,5-6,9H2,(H4,14,15,16). The van der Waals surface area contributed by atoms with Gasteiger partial charge in [0.05, 0.1) is 25.3 Å². The zero-order valence-electron chi connectivity index (χ0n) is 10.0. The second-order valence-corrected chi connectivity index (χ2v) is 3.90. The van der Waals surface area contributed by atoms with Gasteiger partial charge in [0.15, 0.2) is 5.96 Å². The zero-order valence-corrected chi connectivity index (χ0v) is 10.0. The molecule has 0 bridgehead atoms. The number of guanidine groups is 1. The van der Waals surface area contributed by atoms with E-state index in [2.05, 4.69) is 16.0 Å². The summed E-state index contributed by atoms with van der Waals surface area (Å²) in [5.74, 6) is 0.0889. The number of rotatable bonds is 5. The van der Waals surface area contributed by atoms with Crippen molar-refractivity contribution in [1.29, 1.82) is 0 Å². The van der Waals surface area contributed by atoms with E-state index < -0.39 is 0 Å². The fourth-order valence-electron chi connectivity index (χ4n) is 1.62. The van der Waals surface area contributed by atoms with Crippen molar-refractivity contribution in [3.05, 3.63) is 42.1 Å². The van der Waals surface area contributed by atoms with Crippen molar-refractivity contribution in [2.45, 2.75) is 6.61 Å². The summed E-state index contributed by atoms with van der Waals surface area (Å²) >= 11 is 0. The molecule has 18 heavy (non-hydrogen) atoms. The summed E-state index contributed by atoms with van der Waals surface area (Å²) in [5, 5.41) is 1.11. The van der Waals surface area contributed by atoms with Gasteiger partial charge in [0.25, 0.3) is 0 Å².